The fourth-order valence-corrected chi connectivity index (χ4v) is 1.95. The molecule has 1 aliphatic carbocycles. The highest BCUT2D eigenvalue weighted by Gasteiger charge is 2.14. The zero-order valence-corrected chi connectivity index (χ0v) is 8.05. The lowest BCUT2D eigenvalue weighted by atomic mass is 9.95. The van der Waals surface area contributed by atoms with E-state index in [-0.39, 0.29) is 0 Å². The average molecular weight is 171 g/mol. The second kappa shape index (κ2) is 5.55. The molecule has 2 heteroatoms. The van der Waals surface area contributed by atoms with Crippen LogP contribution in [0.15, 0.2) is 0 Å². The fourth-order valence-electron chi connectivity index (χ4n) is 1.95. The number of aliphatic hydroxyl groups excluding tert-OH is 1. The Balaban J connectivity index is 2.11. The van der Waals surface area contributed by atoms with Gasteiger partial charge in [-0.2, -0.15) is 0 Å². The van der Waals surface area contributed by atoms with Gasteiger partial charge in [-0.3, -0.25) is 0 Å². The van der Waals surface area contributed by atoms with Gasteiger partial charge in [0, 0.05) is 18.7 Å². The minimum Gasteiger partial charge on any atom is -0.396 e. The zero-order chi connectivity index (χ0) is 8.81. The largest absolute Gasteiger partial charge is 0.396 e. The maximum atomic E-state index is 8.73. The third kappa shape index (κ3) is 3.55. The maximum absolute atomic E-state index is 8.73. The molecular weight excluding hydrogens is 150 g/mol. The number of hydrogen-bond acceptors (Lipinski definition) is 2. The van der Waals surface area contributed by atoms with Crippen LogP contribution in [0.3, 0.4) is 0 Å². The van der Waals surface area contributed by atoms with Gasteiger partial charge in [-0.15, -0.1) is 0 Å². The van der Waals surface area contributed by atoms with Crippen LogP contribution < -0.4 is 5.32 Å². The first-order valence-electron chi connectivity index (χ1n) is 5.20. The average Bonchev–Trinajstić information content (AvgIpc) is 2.06. The predicted octanol–water partition coefficient (Wildman–Crippen LogP) is 1.68. The summed E-state index contributed by atoms with van der Waals surface area (Å²) < 4.78 is 0. The van der Waals surface area contributed by atoms with Crippen molar-refractivity contribution in [2.45, 2.75) is 57.5 Å². The monoisotopic (exact) mass is 171 g/mol. The highest BCUT2D eigenvalue weighted by molar-refractivity contribution is 4.74. The number of nitrogens with one attached hydrogen (secondary N) is 1. The molecule has 12 heavy (non-hydrogen) atoms. The van der Waals surface area contributed by atoms with Crippen LogP contribution in [0.25, 0.3) is 0 Å². The van der Waals surface area contributed by atoms with Crippen molar-refractivity contribution in [2.24, 2.45) is 0 Å². The van der Waals surface area contributed by atoms with E-state index in [9.17, 15) is 0 Å². The van der Waals surface area contributed by atoms with E-state index in [1.807, 2.05) is 0 Å². The Kier molecular flexibility index (Phi) is 4.62. The first-order chi connectivity index (χ1) is 5.83. The molecule has 0 aromatic carbocycles. The summed E-state index contributed by atoms with van der Waals surface area (Å²) in [6.45, 7) is 2.46. The molecule has 0 heterocycles. The van der Waals surface area contributed by atoms with Gasteiger partial charge < -0.3 is 10.4 Å². The Bertz CT molecular complexity index is 110. The highest BCUT2D eigenvalue weighted by Crippen LogP contribution is 2.17. The summed E-state index contributed by atoms with van der Waals surface area (Å²) in [5, 5.41) is 12.3. The van der Waals surface area contributed by atoms with Gasteiger partial charge in [0.05, 0.1) is 0 Å². The van der Waals surface area contributed by atoms with E-state index in [1.165, 1.54) is 32.1 Å². The van der Waals surface area contributed by atoms with Gasteiger partial charge in [0.15, 0.2) is 0 Å². The van der Waals surface area contributed by atoms with E-state index in [1.54, 1.807) is 0 Å². The summed E-state index contributed by atoms with van der Waals surface area (Å²) in [6.07, 6.45) is 7.71. The van der Waals surface area contributed by atoms with Crippen molar-refractivity contribution in [1.82, 2.24) is 5.32 Å². The minimum atomic E-state index is 0.306. The van der Waals surface area contributed by atoms with Crippen molar-refractivity contribution in [3.05, 3.63) is 0 Å². The zero-order valence-electron chi connectivity index (χ0n) is 8.05. The molecule has 1 fully saturated rings. The molecule has 0 bridgehead atoms. The number of aliphatic hydroxyl groups is 1. The molecular formula is C10H21NO. The van der Waals surface area contributed by atoms with Crippen LogP contribution in [0.2, 0.25) is 0 Å². The van der Waals surface area contributed by atoms with Crippen molar-refractivity contribution < 1.29 is 5.11 Å². The lowest BCUT2D eigenvalue weighted by Gasteiger charge is -2.26. The van der Waals surface area contributed by atoms with Gasteiger partial charge in [-0.05, 0) is 26.2 Å². The molecule has 0 aliphatic heterocycles. The normalized spacial score (nSPS) is 22.5. The van der Waals surface area contributed by atoms with Crippen LogP contribution in [0.1, 0.15) is 45.4 Å². The van der Waals surface area contributed by atoms with Crippen molar-refractivity contribution in [3.63, 3.8) is 0 Å². The molecule has 1 saturated carbocycles. The van der Waals surface area contributed by atoms with Gasteiger partial charge in [0.1, 0.15) is 0 Å². The second-order valence-electron chi connectivity index (χ2n) is 3.91. The summed E-state index contributed by atoms with van der Waals surface area (Å²) in [5.74, 6) is 0. The Hall–Kier alpha value is -0.0800. The smallest absolute Gasteiger partial charge is 0.0445 e. The molecule has 72 valence electrons. The van der Waals surface area contributed by atoms with Crippen molar-refractivity contribution >= 4 is 0 Å². The maximum Gasteiger partial charge on any atom is 0.0445 e. The highest BCUT2D eigenvalue weighted by atomic mass is 16.3. The van der Waals surface area contributed by atoms with Crippen LogP contribution in [-0.4, -0.2) is 23.8 Å². The molecule has 0 aromatic rings. The third-order valence-corrected chi connectivity index (χ3v) is 2.69. The van der Waals surface area contributed by atoms with Gasteiger partial charge in [0.2, 0.25) is 0 Å². The summed E-state index contributed by atoms with van der Waals surface area (Å²) in [6, 6.07) is 1.21. The minimum absolute atomic E-state index is 0.306. The Labute approximate surface area is 75.4 Å². The number of hydrogen-bond donors (Lipinski definition) is 2. The van der Waals surface area contributed by atoms with Gasteiger partial charge in [-0.25, -0.2) is 0 Å². The molecule has 2 N–H and O–H groups in total. The first kappa shape index (κ1) is 10.0. The molecule has 0 aromatic heterocycles. The molecule has 0 radical (unpaired) electrons. The van der Waals surface area contributed by atoms with Crippen LogP contribution >= 0.6 is 0 Å². The van der Waals surface area contributed by atoms with E-state index in [0.29, 0.717) is 12.6 Å². The van der Waals surface area contributed by atoms with Gasteiger partial charge in [-0.1, -0.05) is 19.3 Å². The van der Waals surface area contributed by atoms with E-state index >= 15 is 0 Å². The van der Waals surface area contributed by atoms with E-state index < -0.39 is 0 Å². The molecule has 1 rings (SSSR count). The quantitative estimate of drug-likeness (QED) is 0.674. The lowest BCUT2D eigenvalue weighted by molar-refractivity contribution is 0.253. The van der Waals surface area contributed by atoms with Crippen LogP contribution in [0, 0.1) is 0 Å². The molecule has 1 atom stereocenters. The number of rotatable bonds is 4. The SMILES string of the molecule is C[C@H](CCO)NC1CCCCC1. The molecule has 0 spiro atoms. The predicted molar refractivity (Wildman–Crippen MR) is 51.2 cm³/mol. The van der Waals surface area contributed by atoms with Crippen molar-refractivity contribution in [2.75, 3.05) is 6.61 Å². The van der Waals surface area contributed by atoms with Crippen LogP contribution in [0.5, 0.6) is 0 Å². The lowest BCUT2D eigenvalue weighted by Crippen LogP contribution is -2.38. The van der Waals surface area contributed by atoms with Crippen LogP contribution in [0.4, 0.5) is 0 Å². The Morgan fingerprint density at radius 1 is 1.33 bits per heavy atom. The summed E-state index contributed by atoms with van der Waals surface area (Å²) >= 11 is 0. The van der Waals surface area contributed by atoms with Crippen molar-refractivity contribution in [1.29, 1.82) is 0 Å². The Morgan fingerprint density at radius 2 is 2.00 bits per heavy atom. The summed E-state index contributed by atoms with van der Waals surface area (Å²) in [7, 11) is 0. The first-order valence-corrected chi connectivity index (χ1v) is 5.20. The molecule has 2 nitrogen and oxygen atoms in total. The molecule has 0 unspecified atom stereocenters. The summed E-state index contributed by atoms with van der Waals surface area (Å²) in [4.78, 5) is 0. The second-order valence-corrected chi connectivity index (χ2v) is 3.91. The standard InChI is InChI=1S/C10H21NO/c1-9(7-8-12)11-10-5-3-2-4-6-10/h9-12H,2-8H2,1H3/t9-/m1/s1. The molecule has 1 aliphatic rings. The Morgan fingerprint density at radius 3 is 2.58 bits per heavy atom. The van der Waals surface area contributed by atoms with E-state index in [2.05, 4.69) is 12.2 Å². The van der Waals surface area contributed by atoms with Gasteiger partial charge in [0.25, 0.3) is 0 Å². The van der Waals surface area contributed by atoms with Crippen molar-refractivity contribution in [3.8, 4) is 0 Å². The summed E-state index contributed by atoms with van der Waals surface area (Å²) in [5.41, 5.74) is 0. The van der Waals surface area contributed by atoms with Crippen LogP contribution in [-0.2, 0) is 0 Å². The molecule has 0 saturated heterocycles. The fraction of sp³-hybridized carbons (Fsp3) is 1.00. The topological polar surface area (TPSA) is 32.3 Å². The van der Waals surface area contributed by atoms with Gasteiger partial charge >= 0.3 is 0 Å². The third-order valence-electron chi connectivity index (χ3n) is 2.69. The van der Waals surface area contributed by atoms with E-state index in [0.717, 1.165) is 12.5 Å². The van der Waals surface area contributed by atoms with E-state index in [4.69, 9.17) is 5.11 Å². The molecule has 0 amide bonds.